The summed E-state index contributed by atoms with van der Waals surface area (Å²) in [4.78, 5) is 24.3. The first-order valence-electron chi connectivity index (χ1n) is 10.3. The van der Waals surface area contributed by atoms with Crippen molar-refractivity contribution in [2.24, 2.45) is 0 Å². The molecule has 0 bridgehead atoms. The van der Waals surface area contributed by atoms with Gasteiger partial charge in [0.05, 0.1) is 0 Å². The van der Waals surface area contributed by atoms with Gasteiger partial charge in [0.1, 0.15) is 6.61 Å². The predicted octanol–water partition coefficient (Wildman–Crippen LogP) is 4.16. The van der Waals surface area contributed by atoms with Crippen molar-refractivity contribution in [1.82, 2.24) is 5.32 Å². The van der Waals surface area contributed by atoms with Crippen molar-refractivity contribution in [2.45, 2.75) is 12.3 Å². The van der Waals surface area contributed by atoms with Gasteiger partial charge in [0, 0.05) is 30.3 Å². The van der Waals surface area contributed by atoms with Crippen molar-refractivity contribution < 1.29 is 19.4 Å². The van der Waals surface area contributed by atoms with Crippen molar-refractivity contribution in [3.63, 3.8) is 0 Å². The van der Waals surface area contributed by atoms with Crippen molar-refractivity contribution in [3.05, 3.63) is 89.5 Å². The summed E-state index contributed by atoms with van der Waals surface area (Å²) in [7, 11) is 0. The van der Waals surface area contributed by atoms with Crippen LogP contribution in [0.15, 0.2) is 72.8 Å². The van der Waals surface area contributed by atoms with Crippen LogP contribution in [0.3, 0.4) is 0 Å². The summed E-state index contributed by atoms with van der Waals surface area (Å²) in [6.45, 7) is 0.684. The minimum absolute atomic E-state index is 0.00291. The fourth-order valence-corrected chi connectivity index (χ4v) is 3.84. The number of ether oxygens (including phenoxy) is 1. The van der Waals surface area contributed by atoms with Gasteiger partial charge in [0.2, 0.25) is 0 Å². The molecule has 6 heteroatoms. The molecule has 3 aromatic carbocycles. The predicted molar refractivity (Wildman–Crippen MR) is 119 cm³/mol. The topological polar surface area (TPSA) is 87.7 Å². The fraction of sp³-hybridized carbons (Fsp3) is 0.200. The number of benzene rings is 3. The number of hydrogen-bond donors (Lipinski definition) is 3. The molecule has 0 saturated heterocycles. The fourth-order valence-electron chi connectivity index (χ4n) is 3.84. The highest BCUT2D eigenvalue weighted by Crippen LogP contribution is 2.44. The van der Waals surface area contributed by atoms with Crippen LogP contribution in [-0.4, -0.2) is 36.9 Å². The number of nitrogens with one attached hydrogen (secondary N) is 2. The minimum Gasteiger partial charge on any atom is -0.448 e. The molecule has 0 saturated carbocycles. The molecule has 0 radical (unpaired) electrons. The van der Waals surface area contributed by atoms with E-state index in [4.69, 9.17) is 9.84 Å². The maximum Gasteiger partial charge on any atom is 0.411 e. The van der Waals surface area contributed by atoms with Gasteiger partial charge in [0.25, 0.3) is 5.91 Å². The molecular weight excluding hydrogens is 392 g/mol. The molecule has 0 unspecified atom stereocenters. The molecule has 6 nitrogen and oxygen atoms in total. The van der Waals surface area contributed by atoms with Crippen LogP contribution in [0.1, 0.15) is 33.8 Å². The van der Waals surface area contributed by atoms with E-state index in [0.29, 0.717) is 24.2 Å². The van der Waals surface area contributed by atoms with Crippen LogP contribution in [-0.2, 0) is 4.74 Å². The molecule has 0 spiro atoms. The van der Waals surface area contributed by atoms with Gasteiger partial charge >= 0.3 is 6.09 Å². The van der Waals surface area contributed by atoms with Gasteiger partial charge in [-0.2, -0.15) is 0 Å². The number of aliphatic hydroxyl groups is 1. The molecule has 4 rings (SSSR count). The van der Waals surface area contributed by atoms with Crippen LogP contribution in [0.2, 0.25) is 0 Å². The van der Waals surface area contributed by atoms with E-state index in [0.717, 1.165) is 11.1 Å². The lowest BCUT2D eigenvalue weighted by Gasteiger charge is -2.14. The Labute approximate surface area is 180 Å². The highest BCUT2D eigenvalue weighted by Gasteiger charge is 2.28. The van der Waals surface area contributed by atoms with Crippen molar-refractivity contribution in [2.75, 3.05) is 25.1 Å². The first kappa shape index (κ1) is 20.6. The average molecular weight is 416 g/mol. The Hall–Kier alpha value is -3.64. The lowest BCUT2D eigenvalue weighted by Crippen LogP contribution is -2.25. The summed E-state index contributed by atoms with van der Waals surface area (Å²) in [5.74, 6) is -0.218. The van der Waals surface area contributed by atoms with Gasteiger partial charge in [-0.1, -0.05) is 48.5 Å². The second-order valence-corrected chi connectivity index (χ2v) is 7.36. The second kappa shape index (κ2) is 9.45. The summed E-state index contributed by atoms with van der Waals surface area (Å²) in [5.41, 5.74) is 5.71. The lowest BCUT2D eigenvalue weighted by molar-refractivity contribution is 0.0951. The van der Waals surface area contributed by atoms with E-state index in [9.17, 15) is 9.59 Å². The van der Waals surface area contributed by atoms with Crippen LogP contribution in [0, 0.1) is 0 Å². The Morgan fingerprint density at radius 2 is 1.48 bits per heavy atom. The van der Waals surface area contributed by atoms with E-state index in [2.05, 4.69) is 34.9 Å². The third-order valence-corrected chi connectivity index (χ3v) is 5.36. The SMILES string of the molecule is O=C(Nc1ccc(C(=O)NCCCO)cc1)OCC1c2ccccc2-c2ccccc21. The molecule has 0 aromatic heterocycles. The summed E-state index contributed by atoms with van der Waals surface area (Å²) >= 11 is 0. The van der Waals surface area contributed by atoms with Crippen LogP contribution in [0.4, 0.5) is 10.5 Å². The van der Waals surface area contributed by atoms with Gasteiger partial charge in [-0.05, 0) is 52.9 Å². The third kappa shape index (κ3) is 4.59. The number of anilines is 1. The molecule has 31 heavy (non-hydrogen) atoms. The van der Waals surface area contributed by atoms with Crippen LogP contribution in [0.5, 0.6) is 0 Å². The highest BCUT2D eigenvalue weighted by molar-refractivity contribution is 5.95. The number of fused-ring (bicyclic) bond motifs is 3. The van der Waals surface area contributed by atoms with E-state index >= 15 is 0 Å². The van der Waals surface area contributed by atoms with Crippen molar-refractivity contribution in [1.29, 1.82) is 0 Å². The van der Waals surface area contributed by atoms with Gasteiger partial charge in [0.15, 0.2) is 0 Å². The van der Waals surface area contributed by atoms with Crippen LogP contribution in [0.25, 0.3) is 11.1 Å². The Morgan fingerprint density at radius 3 is 2.10 bits per heavy atom. The van der Waals surface area contributed by atoms with Crippen LogP contribution >= 0.6 is 0 Å². The molecule has 1 aliphatic rings. The largest absolute Gasteiger partial charge is 0.448 e. The van der Waals surface area contributed by atoms with Gasteiger partial charge < -0.3 is 15.2 Å². The summed E-state index contributed by atoms with van der Waals surface area (Å²) in [6.07, 6.45) is -0.0327. The molecule has 0 aliphatic heterocycles. The number of rotatable bonds is 7. The van der Waals surface area contributed by atoms with Crippen molar-refractivity contribution in [3.8, 4) is 11.1 Å². The number of carbonyl (C=O) groups excluding carboxylic acids is 2. The average Bonchev–Trinajstić information content (AvgIpc) is 3.12. The Bertz CT molecular complexity index is 1030. The van der Waals surface area contributed by atoms with Crippen LogP contribution < -0.4 is 10.6 Å². The third-order valence-electron chi connectivity index (χ3n) is 5.36. The highest BCUT2D eigenvalue weighted by atomic mass is 16.5. The number of carbonyl (C=O) groups is 2. The number of hydrogen-bond acceptors (Lipinski definition) is 4. The molecule has 3 N–H and O–H groups in total. The molecule has 1 aliphatic carbocycles. The summed E-state index contributed by atoms with van der Waals surface area (Å²) in [6, 6.07) is 22.9. The van der Waals surface area contributed by atoms with E-state index in [1.165, 1.54) is 11.1 Å². The van der Waals surface area contributed by atoms with Gasteiger partial charge in [-0.3, -0.25) is 10.1 Å². The maximum atomic E-state index is 12.4. The molecule has 158 valence electrons. The molecule has 0 heterocycles. The number of aliphatic hydroxyl groups excluding tert-OH is 1. The van der Waals surface area contributed by atoms with Gasteiger partial charge in [-0.25, -0.2) is 4.79 Å². The first-order chi connectivity index (χ1) is 15.2. The van der Waals surface area contributed by atoms with E-state index in [1.807, 2.05) is 24.3 Å². The summed E-state index contributed by atoms with van der Waals surface area (Å²) in [5, 5.41) is 14.2. The molecule has 0 atom stereocenters. The van der Waals surface area contributed by atoms with Crippen molar-refractivity contribution >= 4 is 17.7 Å². The molecular formula is C25H24N2O4. The first-order valence-corrected chi connectivity index (χ1v) is 10.3. The van der Waals surface area contributed by atoms with E-state index in [1.54, 1.807) is 24.3 Å². The zero-order chi connectivity index (χ0) is 21.6. The monoisotopic (exact) mass is 416 g/mol. The molecule has 3 aromatic rings. The quantitative estimate of drug-likeness (QED) is 0.505. The molecule has 2 amide bonds. The lowest BCUT2D eigenvalue weighted by atomic mass is 9.98. The van der Waals surface area contributed by atoms with Gasteiger partial charge in [-0.15, -0.1) is 0 Å². The van der Waals surface area contributed by atoms with E-state index in [-0.39, 0.29) is 25.0 Å². The number of amides is 2. The normalized spacial score (nSPS) is 12.0. The standard InChI is InChI=1S/C25H24N2O4/c28-15-5-14-26-24(29)17-10-12-18(13-11-17)27-25(30)31-16-23-21-8-3-1-6-19(21)20-7-2-4-9-22(20)23/h1-4,6-13,23,28H,5,14-16H2,(H,26,29)(H,27,30). The van der Waals surface area contributed by atoms with E-state index < -0.39 is 6.09 Å². The smallest absolute Gasteiger partial charge is 0.411 e. The maximum absolute atomic E-state index is 12.4. The Kier molecular flexibility index (Phi) is 6.29. The Balaban J connectivity index is 1.35. The zero-order valence-electron chi connectivity index (χ0n) is 17.0. The molecule has 0 fully saturated rings. The summed E-state index contributed by atoms with van der Waals surface area (Å²) < 4.78 is 5.53. The minimum atomic E-state index is -0.540. The Morgan fingerprint density at radius 1 is 0.871 bits per heavy atom. The zero-order valence-corrected chi connectivity index (χ0v) is 17.0. The second-order valence-electron chi connectivity index (χ2n) is 7.36.